The first-order valence-corrected chi connectivity index (χ1v) is 10.4. The van der Waals surface area contributed by atoms with E-state index in [-0.39, 0.29) is 20.7 Å². The molecule has 1 saturated heterocycles. The first kappa shape index (κ1) is 21.7. The fraction of sp³-hybridized carbons (Fsp3) is 0. The molecule has 0 radical (unpaired) electrons. The third-order valence-corrected chi connectivity index (χ3v) is 6.07. The van der Waals surface area contributed by atoms with Crippen molar-refractivity contribution in [3.05, 3.63) is 90.5 Å². The zero-order chi connectivity index (χ0) is 23.0. The van der Waals surface area contributed by atoms with Crippen LogP contribution in [0.15, 0.2) is 63.9 Å². The van der Waals surface area contributed by atoms with Crippen molar-refractivity contribution in [3.8, 4) is 11.3 Å². The number of nitrogens with zero attached hydrogens (tertiary/aromatic N) is 3. The fourth-order valence-electron chi connectivity index (χ4n) is 2.93. The normalized spacial score (nSPS) is 14.9. The maximum Gasteiger partial charge on any atom is 0.270 e. The van der Waals surface area contributed by atoms with Gasteiger partial charge < -0.3 is 4.42 Å². The minimum atomic E-state index is -0.535. The Hall–Kier alpha value is -3.54. The van der Waals surface area contributed by atoms with Crippen molar-refractivity contribution in [3.63, 3.8) is 0 Å². The van der Waals surface area contributed by atoms with E-state index in [9.17, 15) is 25.0 Å². The third-order valence-electron chi connectivity index (χ3n) is 4.44. The Morgan fingerprint density at radius 3 is 2.31 bits per heavy atom. The summed E-state index contributed by atoms with van der Waals surface area (Å²) in [6.45, 7) is 0. The zero-order valence-corrected chi connectivity index (χ0v) is 18.1. The second-order valence-electron chi connectivity index (χ2n) is 6.41. The van der Waals surface area contributed by atoms with Gasteiger partial charge in [-0.25, -0.2) is 0 Å². The minimum absolute atomic E-state index is 0.0994. The number of thiocarbonyl (C=S) groups is 1. The summed E-state index contributed by atoms with van der Waals surface area (Å²) in [5.41, 5.74) is 0.521. The van der Waals surface area contributed by atoms with Crippen LogP contribution in [0.1, 0.15) is 5.76 Å². The van der Waals surface area contributed by atoms with Gasteiger partial charge in [0.05, 0.1) is 25.5 Å². The van der Waals surface area contributed by atoms with E-state index in [1.165, 1.54) is 53.4 Å². The number of nitro benzene ring substituents is 2. The SMILES string of the molecule is O=C1/C(=C\c2ccc(-c3cc([N+](=O)[O-])ccc3Cl)o2)SC(=S)N1c1ccc([N+](=O)[O-])cc1. The molecule has 0 bridgehead atoms. The molecule has 12 heteroatoms. The number of carbonyl (C=O) groups excluding carboxylic acids is 1. The van der Waals surface area contributed by atoms with Gasteiger partial charge in [-0.05, 0) is 30.3 Å². The molecular weight excluding hydrogens is 478 g/mol. The van der Waals surface area contributed by atoms with Crippen molar-refractivity contribution in [1.82, 2.24) is 0 Å². The van der Waals surface area contributed by atoms with Crippen LogP contribution < -0.4 is 4.90 Å². The Morgan fingerprint density at radius 1 is 1.00 bits per heavy atom. The highest BCUT2D eigenvalue weighted by molar-refractivity contribution is 8.27. The van der Waals surface area contributed by atoms with Crippen molar-refractivity contribution >= 4 is 68.9 Å². The van der Waals surface area contributed by atoms with Gasteiger partial charge in [-0.3, -0.25) is 29.9 Å². The number of non-ortho nitro benzene ring substituents is 2. The van der Waals surface area contributed by atoms with Gasteiger partial charge >= 0.3 is 0 Å². The number of furan rings is 1. The van der Waals surface area contributed by atoms with Crippen LogP contribution in [0.4, 0.5) is 17.1 Å². The van der Waals surface area contributed by atoms with Crippen LogP contribution in [0.3, 0.4) is 0 Å². The molecule has 0 saturated carbocycles. The Labute approximate surface area is 194 Å². The number of carbonyl (C=O) groups is 1. The predicted octanol–water partition coefficient (Wildman–Crippen LogP) is 5.82. The third kappa shape index (κ3) is 4.13. The lowest BCUT2D eigenvalue weighted by atomic mass is 10.1. The van der Waals surface area contributed by atoms with E-state index in [0.29, 0.717) is 27.7 Å². The first-order valence-electron chi connectivity index (χ1n) is 8.81. The second-order valence-corrected chi connectivity index (χ2v) is 8.50. The number of amides is 1. The Balaban J connectivity index is 1.61. The molecule has 1 amide bonds. The maximum absolute atomic E-state index is 12.9. The smallest absolute Gasteiger partial charge is 0.270 e. The lowest BCUT2D eigenvalue weighted by Gasteiger charge is -2.13. The molecule has 9 nitrogen and oxygen atoms in total. The van der Waals surface area contributed by atoms with E-state index in [1.54, 1.807) is 12.1 Å². The van der Waals surface area contributed by atoms with Gasteiger partial charge in [0.25, 0.3) is 17.3 Å². The molecule has 2 aromatic carbocycles. The van der Waals surface area contributed by atoms with Gasteiger partial charge in [0.2, 0.25) is 0 Å². The highest BCUT2D eigenvalue weighted by Crippen LogP contribution is 2.38. The summed E-state index contributed by atoms with van der Waals surface area (Å²) in [6.07, 6.45) is 1.50. The summed E-state index contributed by atoms with van der Waals surface area (Å²) in [5, 5.41) is 22.1. The number of nitro groups is 2. The lowest BCUT2D eigenvalue weighted by molar-refractivity contribution is -0.385. The summed E-state index contributed by atoms with van der Waals surface area (Å²) in [4.78, 5) is 35.2. The average molecular weight is 488 g/mol. The topological polar surface area (TPSA) is 120 Å². The van der Waals surface area contributed by atoms with Gasteiger partial charge in [-0.1, -0.05) is 35.6 Å². The lowest BCUT2D eigenvalue weighted by Crippen LogP contribution is -2.27. The van der Waals surface area contributed by atoms with Gasteiger partial charge in [0, 0.05) is 35.9 Å². The monoisotopic (exact) mass is 487 g/mol. The van der Waals surface area contributed by atoms with Gasteiger partial charge in [0.15, 0.2) is 4.32 Å². The quantitative estimate of drug-likeness (QED) is 0.191. The largest absolute Gasteiger partial charge is 0.457 e. The molecule has 1 aliphatic rings. The molecule has 160 valence electrons. The van der Waals surface area contributed by atoms with Crippen LogP contribution in [0.25, 0.3) is 17.4 Å². The Morgan fingerprint density at radius 2 is 1.66 bits per heavy atom. The van der Waals surface area contributed by atoms with Crippen molar-refractivity contribution in [2.75, 3.05) is 4.90 Å². The number of halogens is 1. The summed E-state index contributed by atoms with van der Waals surface area (Å²) in [5.74, 6) is 0.225. The van der Waals surface area contributed by atoms with Crippen LogP contribution in [0.5, 0.6) is 0 Å². The van der Waals surface area contributed by atoms with E-state index in [2.05, 4.69) is 0 Å². The zero-order valence-electron chi connectivity index (χ0n) is 15.8. The Bertz CT molecular complexity index is 1320. The molecule has 1 fully saturated rings. The number of thioether (sulfide) groups is 1. The molecular formula is C20H10ClN3O6S2. The van der Waals surface area contributed by atoms with Crippen molar-refractivity contribution in [1.29, 1.82) is 0 Å². The molecule has 0 aliphatic carbocycles. The summed E-state index contributed by atoms with van der Waals surface area (Å²) < 4.78 is 6.00. The predicted molar refractivity (Wildman–Crippen MR) is 125 cm³/mol. The minimum Gasteiger partial charge on any atom is -0.457 e. The molecule has 0 atom stereocenters. The van der Waals surface area contributed by atoms with Crippen LogP contribution in [-0.4, -0.2) is 20.1 Å². The van der Waals surface area contributed by atoms with Gasteiger partial charge in [-0.2, -0.15) is 0 Å². The fourth-order valence-corrected chi connectivity index (χ4v) is 4.42. The molecule has 1 aromatic heterocycles. The molecule has 1 aliphatic heterocycles. The first-order chi connectivity index (χ1) is 15.2. The standard InChI is InChI=1S/C20H10ClN3O6S2/c21-16-7-5-13(24(28)29)9-15(16)17-8-6-14(30-17)10-18-19(25)22(20(31)32-18)11-1-3-12(4-2-11)23(26)27/h1-10H/b18-10+. The van der Waals surface area contributed by atoms with Gasteiger partial charge in [0.1, 0.15) is 11.5 Å². The molecule has 0 unspecified atom stereocenters. The van der Waals surface area contributed by atoms with Crippen LogP contribution >= 0.6 is 35.6 Å². The molecule has 0 spiro atoms. The highest BCUT2D eigenvalue weighted by atomic mass is 35.5. The highest BCUT2D eigenvalue weighted by Gasteiger charge is 2.33. The number of anilines is 1. The number of hydrogen-bond acceptors (Lipinski definition) is 8. The summed E-state index contributed by atoms with van der Waals surface area (Å²) in [6, 6.07) is 12.7. The van der Waals surface area contributed by atoms with Gasteiger partial charge in [-0.15, -0.1) is 0 Å². The number of hydrogen-bond donors (Lipinski definition) is 0. The number of rotatable bonds is 5. The molecule has 4 rings (SSSR count). The van der Waals surface area contributed by atoms with Crippen molar-refractivity contribution < 1.29 is 19.1 Å². The van der Waals surface area contributed by atoms with Crippen LogP contribution in [-0.2, 0) is 4.79 Å². The second kappa shape index (κ2) is 8.54. The van der Waals surface area contributed by atoms with E-state index in [0.717, 1.165) is 11.8 Å². The summed E-state index contributed by atoms with van der Waals surface area (Å²) in [7, 11) is 0. The van der Waals surface area contributed by atoms with Crippen molar-refractivity contribution in [2.45, 2.75) is 0 Å². The van der Waals surface area contributed by atoms with E-state index in [4.69, 9.17) is 28.2 Å². The van der Waals surface area contributed by atoms with E-state index in [1.807, 2.05) is 0 Å². The summed E-state index contributed by atoms with van der Waals surface area (Å²) >= 11 is 12.5. The van der Waals surface area contributed by atoms with E-state index >= 15 is 0 Å². The molecule has 0 N–H and O–H groups in total. The van der Waals surface area contributed by atoms with Crippen LogP contribution in [0.2, 0.25) is 5.02 Å². The average Bonchev–Trinajstić information content (AvgIpc) is 3.32. The van der Waals surface area contributed by atoms with Crippen molar-refractivity contribution in [2.24, 2.45) is 0 Å². The molecule has 2 heterocycles. The molecule has 3 aromatic rings. The van der Waals surface area contributed by atoms with Crippen LogP contribution in [0, 0.1) is 20.2 Å². The maximum atomic E-state index is 12.9. The molecule has 32 heavy (non-hydrogen) atoms. The van der Waals surface area contributed by atoms with E-state index < -0.39 is 15.8 Å². The Kier molecular flexibility index (Phi) is 5.78. The number of benzene rings is 2.